The van der Waals surface area contributed by atoms with Gasteiger partial charge < -0.3 is 4.98 Å². The number of benzene rings is 1. The van der Waals surface area contributed by atoms with Gasteiger partial charge in [0.25, 0.3) is 0 Å². The van der Waals surface area contributed by atoms with Gasteiger partial charge in [-0.05, 0) is 49.9 Å². The van der Waals surface area contributed by atoms with E-state index < -0.39 is 0 Å². The summed E-state index contributed by atoms with van der Waals surface area (Å²) >= 11 is 5.87. The van der Waals surface area contributed by atoms with Crippen molar-refractivity contribution in [2.45, 2.75) is 25.7 Å². The summed E-state index contributed by atoms with van der Waals surface area (Å²) in [4.78, 5) is 8.07. The summed E-state index contributed by atoms with van der Waals surface area (Å²) in [6, 6.07) is 7.82. The third kappa shape index (κ3) is 1.74. The summed E-state index contributed by atoms with van der Waals surface area (Å²) in [5.41, 5.74) is 3.67. The number of halogens is 1. The number of hydrogen-bond acceptors (Lipinski definition) is 1. The molecule has 0 saturated carbocycles. The third-order valence-electron chi connectivity index (χ3n) is 3.07. The van der Waals surface area contributed by atoms with Gasteiger partial charge in [0.15, 0.2) is 0 Å². The molecule has 1 aliphatic rings. The molecule has 1 aromatic heterocycles. The van der Waals surface area contributed by atoms with Gasteiger partial charge >= 0.3 is 0 Å². The van der Waals surface area contributed by atoms with E-state index >= 15 is 0 Å². The number of hydrogen-bond donors (Lipinski definition) is 1. The highest BCUT2D eigenvalue weighted by atomic mass is 35.5. The highest BCUT2D eigenvalue weighted by molar-refractivity contribution is 6.30. The van der Waals surface area contributed by atoms with Crippen LogP contribution in [0.5, 0.6) is 0 Å². The number of aryl methyl sites for hydroxylation is 2. The van der Waals surface area contributed by atoms with E-state index in [0.717, 1.165) is 29.3 Å². The van der Waals surface area contributed by atoms with Crippen LogP contribution in [0.2, 0.25) is 5.02 Å². The van der Waals surface area contributed by atoms with Crippen molar-refractivity contribution in [1.82, 2.24) is 9.97 Å². The SMILES string of the molecule is Clc1ccc(-c2nc3c([nH]2)CCCC3)cc1. The van der Waals surface area contributed by atoms with Crippen LogP contribution in [0.4, 0.5) is 0 Å². The van der Waals surface area contributed by atoms with E-state index in [-0.39, 0.29) is 0 Å². The lowest BCUT2D eigenvalue weighted by Crippen LogP contribution is -2.00. The first-order valence-electron chi connectivity index (χ1n) is 5.66. The first kappa shape index (κ1) is 9.91. The lowest BCUT2D eigenvalue weighted by atomic mass is 10.0. The van der Waals surface area contributed by atoms with Crippen LogP contribution in [0, 0.1) is 0 Å². The fourth-order valence-corrected chi connectivity index (χ4v) is 2.32. The van der Waals surface area contributed by atoms with E-state index in [1.165, 1.54) is 24.2 Å². The highest BCUT2D eigenvalue weighted by Crippen LogP contribution is 2.24. The monoisotopic (exact) mass is 232 g/mol. The zero-order valence-corrected chi connectivity index (χ0v) is 9.72. The Balaban J connectivity index is 2.00. The third-order valence-corrected chi connectivity index (χ3v) is 3.32. The van der Waals surface area contributed by atoms with Crippen LogP contribution in [-0.2, 0) is 12.8 Å². The fraction of sp³-hybridized carbons (Fsp3) is 0.308. The number of aromatic nitrogens is 2. The number of nitrogens with zero attached hydrogens (tertiary/aromatic N) is 1. The van der Waals surface area contributed by atoms with Gasteiger partial charge in [-0.2, -0.15) is 0 Å². The van der Waals surface area contributed by atoms with Crippen molar-refractivity contribution in [2.75, 3.05) is 0 Å². The van der Waals surface area contributed by atoms with Gasteiger partial charge in [0.2, 0.25) is 0 Å². The molecule has 0 bridgehead atoms. The van der Waals surface area contributed by atoms with Crippen molar-refractivity contribution in [3.8, 4) is 11.4 Å². The molecule has 2 aromatic rings. The normalized spacial score (nSPS) is 14.8. The summed E-state index contributed by atoms with van der Waals surface area (Å²) < 4.78 is 0. The van der Waals surface area contributed by atoms with E-state index in [0.29, 0.717) is 0 Å². The van der Waals surface area contributed by atoms with Gasteiger partial charge in [0.1, 0.15) is 5.82 Å². The van der Waals surface area contributed by atoms with E-state index in [4.69, 9.17) is 11.6 Å². The number of fused-ring (bicyclic) bond motifs is 1. The topological polar surface area (TPSA) is 28.7 Å². The molecule has 3 rings (SSSR count). The molecule has 16 heavy (non-hydrogen) atoms. The summed E-state index contributed by atoms with van der Waals surface area (Å²) in [6.45, 7) is 0. The van der Waals surface area contributed by atoms with Crippen LogP contribution in [0.3, 0.4) is 0 Å². The summed E-state index contributed by atoms with van der Waals surface area (Å²) in [5.74, 6) is 0.976. The minimum Gasteiger partial charge on any atom is -0.342 e. The predicted molar refractivity (Wildman–Crippen MR) is 65.7 cm³/mol. The Bertz CT molecular complexity index is 476. The van der Waals surface area contributed by atoms with Crippen molar-refractivity contribution < 1.29 is 0 Å². The molecule has 0 saturated heterocycles. The van der Waals surface area contributed by atoms with Gasteiger partial charge in [-0.25, -0.2) is 4.98 Å². The smallest absolute Gasteiger partial charge is 0.137 e. The standard InChI is InChI=1S/C13H13ClN2/c14-10-7-5-9(6-8-10)13-15-11-3-1-2-4-12(11)16-13/h5-8H,1-4H2,(H,15,16). The molecule has 1 aliphatic carbocycles. The predicted octanol–water partition coefficient (Wildman–Crippen LogP) is 3.61. The zero-order chi connectivity index (χ0) is 11.0. The molecule has 2 nitrogen and oxygen atoms in total. The molecule has 82 valence electrons. The number of nitrogens with one attached hydrogen (secondary N) is 1. The first-order valence-corrected chi connectivity index (χ1v) is 6.04. The second-order valence-electron chi connectivity index (χ2n) is 4.22. The molecule has 1 N–H and O–H groups in total. The maximum atomic E-state index is 5.87. The molecular weight excluding hydrogens is 220 g/mol. The Kier molecular flexibility index (Phi) is 2.44. The van der Waals surface area contributed by atoms with Gasteiger partial charge in [-0.1, -0.05) is 11.6 Å². The Morgan fingerprint density at radius 2 is 1.81 bits per heavy atom. The fourth-order valence-electron chi connectivity index (χ4n) is 2.20. The van der Waals surface area contributed by atoms with Crippen molar-refractivity contribution in [3.05, 3.63) is 40.7 Å². The van der Waals surface area contributed by atoms with Gasteiger partial charge in [0.05, 0.1) is 5.69 Å². The van der Waals surface area contributed by atoms with Crippen LogP contribution in [0.1, 0.15) is 24.2 Å². The lowest BCUT2D eigenvalue weighted by molar-refractivity contribution is 0.667. The Morgan fingerprint density at radius 1 is 1.06 bits per heavy atom. The van der Waals surface area contributed by atoms with Crippen LogP contribution in [-0.4, -0.2) is 9.97 Å². The van der Waals surface area contributed by atoms with Gasteiger partial charge in [-0.15, -0.1) is 0 Å². The van der Waals surface area contributed by atoms with Crippen molar-refractivity contribution in [2.24, 2.45) is 0 Å². The summed E-state index contributed by atoms with van der Waals surface area (Å²) in [6.07, 6.45) is 4.78. The average molecular weight is 233 g/mol. The minimum atomic E-state index is 0.764. The summed E-state index contributed by atoms with van der Waals surface area (Å²) in [7, 11) is 0. The number of rotatable bonds is 1. The number of aromatic amines is 1. The average Bonchev–Trinajstić information content (AvgIpc) is 2.73. The molecule has 1 heterocycles. The quantitative estimate of drug-likeness (QED) is 0.800. The van der Waals surface area contributed by atoms with Crippen molar-refractivity contribution in [1.29, 1.82) is 0 Å². The van der Waals surface area contributed by atoms with Crippen molar-refractivity contribution >= 4 is 11.6 Å². The molecule has 0 aliphatic heterocycles. The van der Waals surface area contributed by atoms with Crippen LogP contribution < -0.4 is 0 Å². The molecule has 0 spiro atoms. The largest absolute Gasteiger partial charge is 0.342 e. The first-order chi connectivity index (χ1) is 7.83. The summed E-state index contributed by atoms with van der Waals surface area (Å²) in [5, 5.41) is 0.764. The maximum absolute atomic E-state index is 5.87. The lowest BCUT2D eigenvalue weighted by Gasteiger charge is -2.07. The van der Waals surface area contributed by atoms with Gasteiger partial charge in [-0.3, -0.25) is 0 Å². The maximum Gasteiger partial charge on any atom is 0.137 e. The minimum absolute atomic E-state index is 0.764. The van der Waals surface area contributed by atoms with Crippen LogP contribution in [0.15, 0.2) is 24.3 Å². The van der Waals surface area contributed by atoms with Crippen LogP contribution >= 0.6 is 11.6 Å². The molecule has 0 atom stereocenters. The van der Waals surface area contributed by atoms with Gasteiger partial charge in [0, 0.05) is 16.3 Å². The molecule has 0 amide bonds. The van der Waals surface area contributed by atoms with E-state index in [2.05, 4.69) is 9.97 Å². The molecule has 0 fully saturated rings. The van der Waals surface area contributed by atoms with Crippen LogP contribution in [0.25, 0.3) is 11.4 Å². The Morgan fingerprint density at radius 3 is 2.56 bits per heavy atom. The second kappa shape index (κ2) is 3.95. The molecule has 0 radical (unpaired) electrons. The second-order valence-corrected chi connectivity index (χ2v) is 4.66. The molecule has 3 heteroatoms. The Hall–Kier alpha value is -1.28. The zero-order valence-electron chi connectivity index (χ0n) is 8.96. The Labute approximate surface area is 99.7 Å². The van der Waals surface area contributed by atoms with E-state index in [1.807, 2.05) is 24.3 Å². The van der Waals surface area contributed by atoms with E-state index in [9.17, 15) is 0 Å². The van der Waals surface area contributed by atoms with Crippen molar-refractivity contribution in [3.63, 3.8) is 0 Å². The molecular formula is C13H13ClN2. The molecule has 0 unspecified atom stereocenters. The number of imidazole rings is 1. The van der Waals surface area contributed by atoms with E-state index in [1.54, 1.807) is 0 Å². The highest BCUT2D eigenvalue weighted by Gasteiger charge is 2.14. The molecule has 1 aromatic carbocycles. The number of H-pyrrole nitrogens is 1.